The van der Waals surface area contributed by atoms with E-state index in [2.05, 4.69) is 4.74 Å². The third-order valence-corrected chi connectivity index (χ3v) is 2.21. The van der Waals surface area contributed by atoms with Crippen LogP contribution < -0.4 is 0 Å². The fraction of sp³-hybridized carbons (Fsp3) is 0.333. The van der Waals surface area contributed by atoms with Gasteiger partial charge in [-0.3, -0.25) is 0 Å². The van der Waals surface area contributed by atoms with Gasteiger partial charge in [-0.1, -0.05) is 30.3 Å². The monoisotopic (exact) mass is 254 g/mol. The molecular formula is C12H14O6. The van der Waals surface area contributed by atoms with Gasteiger partial charge in [0.25, 0.3) is 0 Å². The lowest BCUT2D eigenvalue weighted by atomic mass is 10.2. The predicted molar refractivity (Wildman–Crippen MR) is 60.3 cm³/mol. The van der Waals surface area contributed by atoms with Crippen LogP contribution in [-0.2, 0) is 25.7 Å². The van der Waals surface area contributed by atoms with E-state index in [0.29, 0.717) is 0 Å². The van der Waals surface area contributed by atoms with Crippen LogP contribution in [0.1, 0.15) is 5.56 Å². The average Bonchev–Trinajstić information content (AvgIpc) is 2.43. The molecule has 6 heteroatoms. The van der Waals surface area contributed by atoms with Crippen LogP contribution in [0.5, 0.6) is 0 Å². The van der Waals surface area contributed by atoms with Gasteiger partial charge in [0.15, 0.2) is 12.2 Å². The third kappa shape index (κ3) is 3.83. The van der Waals surface area contributed by atoms with Crippen molar-refractivity contribution in [3.8, 4) is 0 Å². The van der Waals surface area contributed by atoms with Gasteiger partial charge in [-0.25, -0.2) is 9.59 Å². The highest BCUT2D eigenvalue weighted by Crippen LogP contribution is 2.04. The van der Waals surface area contributed by atoms with Gasteiger partial charge < -0.3 is 19.7 Å². The Morgan fingerprint density at radius 2 is 1.67 bits per heavy atom. The van der Waals surface area contributed by atoms with Gasteiger partial charge in [0.1, 0.15) is 6.61 Å². The Bertz CT molecular complexity index is 402. The molecule has 0 aliphatic rings. The minimum atomic E-state index is -1.96. The van der Waals surface area contributed by atoms with Gasteiger partial charge in [-0.15, -0.1) is 0 Å². The fourth-order valence-corrected chi connectivity index (χ4v) is 1.19. The van der Waals surface area contributed by atoms with Crippen LogP contribution in [0.25, 0.3) is 0 Å². The number of rotatable bonds is 5. The first-order valence-electron chi connectivity index (χ1n) is 5.20. The molecule has 0 unspecified atom stereocenters. The van der Waals surface area contributed by atoms with Crippen molar-refractivity contribution in [2.24, 2.45) is 0 Å². The Morgan fingerprint density at radius 3 is 2.22 bits per heavy atom. The zero-order valence-electron chi connectivity index (χ0n) is 9.78. The summed E-state index contributed by atoms with van der Waals surface area (Å²) in [5, 5.41) is 18.6. The lowest BCUT2D eigenvalue weighted by Gasteiger charge is -2.14. The first-order chi connectivity index (χ1) is 8.56. The summed E-state index contributed by atoms with van der Waals surface area (Å²) < 4.78 is 8.94. The number of ether oxygens (including phenoxy) is 2. The molecule has 0 saturated heterocycles. The Balaban J connectivity index is 2.48. The van der Waals surface area contributed by atoms with Crippen molar-refractivity contribution in [3.05, 3.63) is 35.9 Å². The van der Waals surface area contributed by atoms with E-state index >= 15 is 0 Å². The molecule has 0 spiro atoms. The highest BCUT2D eigenvalue weighted by Gasteiger charge is 2.32. The summed E-state index contributed by atoms with van der Waals surface area (Å²) in [6.45, 7) is -0.0510. The Kier molecular flexibility index (Phi) is 5.29. The van der Waals surface area contributed by atoms with Crippen molar-refractivity contribution in [3.63, 3.8) is 0 Å². The molecule has 0 radical (unpaired) electrons. The van der Waals surface area contributed by atoms with Gasteiger partial charge in [0.2, 0.25) is 0 Å². The Hall–Kier alpha value is -1.92. The number of carbonyl (C=O) groups is 2. The number of carbonyl (C=O) groups excluding carboxylic acids is 2. The Labute approximate surface area is 104 Å². The van der Waals surface area contributed by atoms with Crippen molar-refractivity contribution in [1.29, 1.82) is 0 Å². The Morgan fingerprint density at radius 1 is 1.11 bits per heavy atom. The molecule has 6 nitrogen and oxygen atoms in total. The molecule has 1 aromatic carbocycles. The highest BCUT2D eigenvalue weighted by atomic mass is 16.6. The number of esters is 2. The molecule has 0 amide bonds. The standard InChI is InChI=1S/C12H14O6/c1-17-11(15)9(13)10(14)12(16)18-7-8-5-3-2-4-6-8/h2-6,9-10,13-14H,7H2,1H3/t9-,10-/m0/s1. The lowest BCUT2D eigenvalue weighted by molar-refractivity contribution is -0.172. The van der Waals surface area contributed by atoms with Crippen LogP contribution in [0.15, 0.2) is 30.3 Å². The molecule has 0 aliphatic carbocycles. The van der Waals surface area contributed by atoms with Crippen LogP contribution in [0.4, 0.5) is 0 Å². The summed E-state index contributed by atoms with van der Waals surface area (Å²) in [6, 6.07) is 8.81. The fourth-order valence-electron chi connectivity index (χ4n) is 1.19. The molecule has 0 aromatic heterocycles. The van der Waals surface area contributed by atoms with Gasteiger partial charge in [-0.2, -0.15) is 0 Å². The van der Waals surface area contributed by atoms with Crippen LogP contribution in [0, 0.1) is 0 Å². The van der Waals surface area contributed by atoms with Crippen LogP contribution >= 0.6 is 0 Å². The molecule has 0 bridgehead atoms. The second kappa shape index (κ2) is 6.73. The molecule has 1 rings (SSSR count). The molecule has 98 valence electrons. The van der Waals surface area contributed by atoms with E-state index in [4.69, 9.17) is 4.74 Å². The third-order valence-electron chi connectivity index (χ3n) is 2.21. The highest BCUT2D eigenvalue weighted by molar-refractivity contribution is 5.85. The van der Waals surface area contributed by atoms with E-state index in [-0.39, 0.29) is 6.61 Å². The maximum atomic E-state index is 11.3. The summed E-state index contributed by atoms with van der Waals surface area (Å²) in [6.07, 6.45) is -3.90. The zero-order valence-corrected chi connectivity index (χ0v) is 9.78. The summed E-state index contributed by atoms with van der Waals surface area (Å²) in [4.78, 5) is 22.2. The number of aliphatic hydroxyl groups is 2. The second-order valence-electron chi connectivity index (χ2n) is 3.51. The molecule has 2 atom stereocenters. The van der Waals surface area contributed by atoms with Crippen molar-refractivity contribution >= 4 is 11.9 Å². The smallest absolute Gasteiger partial charge is 0.338 e. The zero-order chi connectivity index (χ0) is 13.5. The summed E-state index contributed by atoms with van der Waals surface area (Å²) in [7, 11) is 1.04. The van der Waals surface area contributed by atoms with Gasteiger partial charge in [0.05, 0.1) is 7.11 Å². The van der Waals surface area contributed by atoms with E-state index in [1.54, 1.807) is 30.3 Å². The second-order valence-corrected chi connectivity index (χ2v) is 3.51. The topological polar surface area (TPSA) is 93.1 Å². The molecule has 18 heavy (non-hydrogen) atoms. The maximum Gasteiger partial charge on any atom is 0.338 e. The maximum absolute atomic E-state index is 11.3. The summed E-state index contributed by atoms with van der Waals surface area (Å²) in [5.41, 5.74) is 0.727. The van der Waals surface area contributed by atoms with E-state index in [1.165, 1.54) is 0 Å². The predicted octanol–water partition coefficient (Wildman–Crippen LogP) is -0.375. The molecule has 0 heterocycles. The largest absolute Gasteiger partial charge is 0.467 e. The number of hydrogen-bond donors (Lipinski definition) is 2. The summed E-state index contributed by atoms with van der Waals surface area (Å²) in [5.74, 6) is -2.18. The van der Waals surface area contributed by atoms with Crippen molar-refractivity contribution in [1.82, 2.24) is 0 Å². The molecule has 0 aliphatic heterocycles. The number of hydrogen-bond acceptors (Lipinski definition) is 6. The van der Waals surface area contributed by atoms with E-state index in [0.717, 1.165) is 12.7 Å². The van der Waals surface area contributed by atoms with Crippen LogP contribution in [0.2, 0.25) is 0 Å². The average molecular weight is 254 g/mol. The molecule has 2 N–H and O–H groups in total. The first-order valence-corrected chi connectivity index (χ1v) is 5.20. The van der Waals surface area contributed by atoms with Gasteiger partial charge in [-0.05, 0) is 5.56 Å². The molecule has 0 fully saturated rings. The lowest BCUT2D eigenvalue weighted by Crippen LogP contribution is -2.41. The SMILES string of the molecule is COC(=O)[C@@H](O)[C@H](O)C(=O)OCc1ccccc1. The number of methoxy groups -OCH3 is 1. The van der Waals surface area contributed by atoms with Gasteiger partial charge in [0, 0.05) is 0 Å². The van der Waals surface area contributed by atoms with E-state index < -0.39 is 24.1 Å². The molecule has 1 aromatic rings. The molecular weight excluding hydrogens is 240 g/mol. The van der Waals surface area contributed by atoms with Gasteiger partial charge >= 0.3 is 11.9 Å². The minimum absolute atomic E-state index is 0.0510. The minimum Gasteiger partial charge on any atom is -0.467 e. The van der Waals surface area contributed by atoms with Crippen molar-refractivity contribution in [2.45, 2.75) is 18.8 Å². The van der Waals surface area contributed by atoms with Crippen LogP contribution in [0.3, 0.4) is 0 Å². The number of aliphatic hydroxyl groups excluding tert-OH is 2. The van der Waals surface area contributed by atoms with Crippen molar-refractivity contribution in [2.75, 3.05) is 7.11 Å². The van der Waals surface area contributed by atoms with E-state index in [1.807, 2.05) is 0 Å². The first kappa shape index (κ1) is 14.1. The number of benzene rings is 1. The van der Waals surface area contributed by atoms with E-state index in [9.17, 15) is 19.8 Å². The summed E-state index contributed by atoms with van der Waals surface area (Å²) >= 11 is 0. The molecule has 0 saturated carbocycles. The quantitative estimate of drug-likeness (QED) is 0.696. The normalized spacial score (nSPS) is 13.5. The van der Waals surface area contributed by atoms with Crippen LogP contribution in [-0.4, -0.2) is 41.5 Å². The van der Waals surface area contributed by atoms with Crippen molar-refractivity contribution < 1.29 is 29.3 Å².